The Kier molecular flexibility index (Phi) is 5.55. The summed E-state index contributed by atoms with van der Waals surface area (Å²) in [6.45, 7) is 7.27. The molecule has 1 aromatic rings. The summed E-state index contributed by atoms with van der Waals surface area (Å²) >= 11 is 1.13. The molecular weight excluding hydrogens is 282 g/mol. The van der Waals surface area contributed by atoms with Gasteiger partial charge < -0.3 is 4.74 Å². The van der Waals surface area contributed by atoms with Crippen LogP contribution in [0, 0.1) is 5.41 Å². The van der Waals surface area contributed by atoms with Crippen molar-refractivity contribution in [3.05, 3.63) is 10.5 Å². The first kappa shape index (κ1) is 16.5. The number of ether oxygens (including phenoxy) is 1. The lowest BCUT2D eigenvalue weighted by Gasteiger charge is -2.20. The quantitative estimate of drug-likeness (QED) is 0.456. The number of hydrogen-bond donors (Lipinski definition) is 1. The topological polar surface area (TPSA) is 94.1 Å². The Labute approximate surface area is 121 Å². The zero-order valence-corrected chi connectivity index (χ0v) is 12.9. The van der Waals surface area contributed by atoms with Crippen molar-refractivity contribution in [2.45, 2.75) is 39.4 Å². The molecule has 20 heavy (non-hydrogen) atoms. The molecule has 7 nitrogen and oxygen atoms in total. The van der Waals surface area contributed by atoms with E-state index in [4.69, 9.17) is 4.74 Å². The zero-order chi connectivity index (χ0) is 15.3. The monoisotopic (exact) mass is 301 g/mol. The van der Waals surface area contributed by atoms with Crippen LogP contribution in [0.3, 0.4) is 0 Å². The fraction of sp³-hybridized carbons (Fsp3) is 0.667. The van der Waals surface area contributed by atoms with E-state index in [0.717, 1.165) is 11.8 Å². The summed E-state index contributed by atoms with van der Waals surface area (Å²) in [6, 6.07) is 0. The van der Waals surface area contributed by atoms with Crippen LogP contribution in [0.5, 0.6) is 0 Å². The largest absolute Gasteiger partial charge is 0.465 e. The van der Waals surface area contributed by atoms with E-state index < -0.39 is 11.4 Å². The molecule has 112 valence electrons. The minimum atomic E-state index is -1.20. The predicted octanol–water partition coefficient (Wildman–Crippen LogP) is 0.842. The summed E-state index contributed by atoms with van der Waals surface area (Å²) in [4.78, 5) is 35.2. The molecule has 0 fully saturated rings. The second kappa shape index (κ2) is 6.74. The number of nitrogens with zero attached hydrogens (tertiary/aromatic N) is 2. The smallest absolute Gasteiger partial charge is 0.343 e. The van der Waals surface area contributed by atoms with Gasteiger partial charge in [0.25, 0.3) is 0 Å². The highest BCUT2D eigenvalue weighted by molar-refractivity contribution is 7.99. The van der Waals surface area contributed by atoms with Crippen molar-refractivity contribution < 1.29 is 14.3 Å². The number of H-pyrrole nitrogens is 1. The number of carbonyl (C=O) groups excluding carboxylic acids is 2. The van der Waals surface area contributed by atoms with Crippen LogP contribution in [0.2, 0.25) is 0 Å². The van der Waals surface area contributed by atoms with Gasteiger partial charge in [0.1, 0.15) is 5.41 Å². The van der Waals surface area contributed by atoms with Gasteiger partial charge in [-0.25, -0.2) is 9.89 Å². The molecule has 1 rings (SSSR count). The van der Waals surface area contributed by atoms with Gasteiger partial charge in [0.2, 0.25) is 0 Å². The van der Waals surface area contributed by atoms with Crippen molar-refractivity contribution in [1.82, 2.24) is 14.8 Å². The summed E-state index contributed by atoms with van der Waals surface area (Å²) in [6.07, 6.45) is 0. The van der Waals surface area contributed by atoms with Crippen LogP contribution in [0.25, 0.3) is 0 Å². The van der Waals surface area contributed by atoms with Crippen LogP contribution in [0.4, 0.5) is 0 Å². The minimum Gasteiger partial charge on any atom is -0.465 e. The predicted molar refractivity (Wildman–Crippen MR) is 74.7 cm³/mol. The summed E-state index contributed by atoms with van der Waals surface area (Å²) in [7, 11) is 0. The van der Waals surface area contributed by atoms with E-state index in [2.05, 4.69) is 10.2 Å². The fourth-order valence-corrected chi connectivity index (χ4v) is 2.53. The van der Waals surface area contributed by atoms with Crippen molar-refractivity contribution in [1.29, 1.82) is 0 Å². The molecular formula is C12H19N3O4S. The summed E-state index contributed by atoms with van der Waals surface area (Å²) in [5.74, 6) is -0.754. The van der Waals surface area contributed by atoms with Crippen molar-refractivity contribution >= 4 is 23.5 Å². The van der Waals surface area contributed by atoms with Crippen molar-refractivity contribution in [3.8, 4) is 0 Å². The average molecular weight is 301 g/mol. The van der Waals surface area contributed by atoms with Gasteiger partial charge in [0, 0.05) is 6.54 Å². The lowest BCUT2D eigenvalue weighted by molar-refractivity contribution is -0.157. The van der Waals surface area contributed by atoms with Crippen LogP contribution in [-0.4, -0.2) is 38.9 Å². The maximum absolute atomic E-state index is 12.1. The lowest BCUT2D eigenvalue weighted by atomic mass is 9.89. The summed E-state index contributed by atoms with van der Waals surface area (Å²) in [5, 5.41) is 6.60. The number of carbonyl (C=O) groups is 2. The Hall–Kier alpha value is -1.57. The molecule has 0 amide bonds. The van der Waals surface area contributed by atoms with Crippen molar-refractivity contribution in [2.24, 2.45) is 5.41 Å². The summed E-state index contributed by atoms with van der Waals surface area (Å²) in [5.41, 5.74) is -1.51. The molecule has 1 aromatic heterocycles. The third-order valence-corrected chi connectivity index (χ3v) is 3.83. The fourth-order valence-electron chi connectivity index (χ4n) is 1.43. The number of esters is 1. The lowest BCUT2D eigenvalue weighted by Crippen LogP contribution is -2.36. The maximum Gasteiger partial charge on any atom is 0.343 e. The van der Waals surface area contributed by atoms with Crippen LogP contribution in [0.15, 0.2) is 9.95 Å². The molecule has 8 heteroatoms. The standard InChI is InChI=1S/C12H19N3O4S/c1-5-15-10(18)13-14-11(15)20-7-8(16)12(3,4)9(17)19-6-2/h5-7H2,1-4H3,(H,13,18). The van der Waals surface area contributed by atoms with Gasteiger partial charge in [-0.3, -0.25) is 14.2 Å². The van der Waals surface area contributed by atoms with E-state index in [1.54, 1.807) is 6.92 Å². The first-order valence-corrected chi connectivity index (χ1v) is 7.31. The Morgan fingerprint density at radius 2 is 2.05 bits per heavy atom. The highest BCUT2D eigenvalue weighted by Gasteiger charge is 2.37. The van der Waals surface area contributed by atoms with Crippen molar-refractivity contribution in [3.63, 3.8) is 0 Å². The SMILES string of the molecule is CCOC(=O)C(C)(C)C(=O)CSc1n[nH]c(=O)n1CC. The van der Waals surface area contributed by atoms with Crippen LogP contribution < -0.4 is 5.69 Å². The van der Waals surface area contributed by atoms with Gasteiger partial charge in [-0.1, -0.05) is 11.8 Å². The van der Waals surface area contributed by atoms with Gasteiger partial charge in [-0.05, 0) is 27.7 Å². The second-order valence-electron chi connectivity index (χ2n) is 4.61. The third-order valence-electron chi connectivity index (χ3n) is 2.85. The molecule has 0 saturated heterocycles. The van der Waals surface area contributed by atoms with E-state index in [1.807, 2.05) is 6.92 Å². The number of aromatic amines is 1. The molecule has 0 saturated carbocycles. The molecule has 0 spiro atoms. The third kappa shape index (κ3) is 3.50. The average Bonchev–Trinajstić information content (AvgIpc) is 2.76. The normalized spacial score (nSPS) is 11.4. The van der Waals surface area contributed by atoms with Crippen LogP contribution in [-0.2, 0) is 20.9 Å². The Morgan fingerprint density at radius 1 is 1.40 bits per heavy atom. The van der Waals surface area contributed by atoms with Gasteiger partial charge >= 0.3 is 11.7 Å². The number of nitrogens with one attached hydrogen (secondary N) is 1. The summed E-state index contributed by atoms with van der Waals surface area (Å²) < 4.78 is 6.31. The first-order valence-electron chi connectivity index (χ1n) is 6.33. The molecule has 0 aliphatic carbocycles. The molecule has 0 bridgehead atoms. The van der Waals surface area contributed by atoms with E-state index in [-0.39, 0.29) is 23.8 Å². The molecule has 1 heterocycles. The Balaban J connectivity index is 2.72. The number of hydrogen-bond acceptors (Lipinski definition) is 6. The molecule has 0 atom stereocenters. The van der Waals surface area contributed by atoms with Crippen molar-refractivity contribution in [2.75, 3.05) is 12.4 Å². The number of Topliss-reactive ketones (excluding diaryl/α,β-unsaturated/α-hetero) is 1. The van der Waals surface area contributed by atoms with E-state index in [0.29, 0.717) is 11.7 Å². The van der Waals surface area contributed by atoms with Gasteiger partial charge in [0.05, 0.1) is 12.4 Å². The highest BCUT2D eigenvalue weighted by Crippen LogP contribution is 2.23. The number of ketones is 1. The molecule has 0 aliphatic heterocycles. The van der Waals surface area contributed by atoms with Crippen LogP contribution in [0.1, 0.15) is 27.7 Å². The Morgan fingerprint density at radius 3 is 2.60 bits per heavy atom. The molecule has 0 aliphatic rings. The van der Waals surface area contributed by atoms with E-state index in [9.17, 15) is 14.4 Å². The molecule has 1 N–H and O–H groups in total. The van der Waals surface area contributed by atoms with Gasteiger partial charge in [0.15, 0.2) is 10.9 Å². The van der Waals surface area contributed by atoms with E-state index in [1.165, 1.54) is 18.4 Å². The van der Waals surface area contributed by atoms with E-state index >= 15 is 0 Å². The van der Waals surface area contributed by atoms with Gasteiger partial charge in [-0.2, -0.15) is 0 Å². The number of aromatic nitrogens is 3. The molecule has 0 radical (unpaired) electrons. The number of thioether (sulfide) groups is 1. The van der Waals surface area contributed by atoms with Gasteiger partial charge in [-0.15, -0.1) is 5.10 Å². The maximum atomic E-state index is 12.1. The zero-order valence-electron chi connectivity index (χ0n) is 12.1. The first-order chi connectivity index (χ1) is 9.34. The minimum absolute atomic E-state index is 0.0517. The Bertz CT molecular complexity index is 547. The number of rotatable bonds is 7. The molecule has 0 aromatic carbocycles. The van der Waals surface area contributed by atoms with Crippen LogP contribution >= 0.6 is 11.8 Å². The second-order valence-corrected chi connectivity index (χ2v) is 5.56. The highest BCUT2D eigenvalue weighted by atomic mass is 32.2. The molecule has 0 unspecified atom stereocenters.